The fourth-order valence-corrected chi connectivity index (χ4v) is 1.46. The quantitative estimate of drug-likeness (QED) is 0.621. The van der Waals surface area contributed by atoms with E-state index in [1.54, 1.807) is 0 Å². The van der Waals surface area contributed by atoms with Crippen LogP contribution < -0.4 is 10.6 Å². The molecule has 1 rings (SSSR count). The lowest BCUT2D eigenvalue weighted by molar-refractivity contribution is -0.123. The maximum atomic E-state index is 12.7. The molecule has 15 heavy (non-hydrogen) atoms. The van der Waals surface area contributed by atoms with Gasteiger partial charge in [0.05, 0.1) is 12.6 Å². The van der Waals surface area contributed by atoms with Gasteiger partial charge in [0.1, 0.15) is 6.61 Å². The van der Waals surface area contributed by atoms with E-state index in [1.807, 2.05) is 0 Å². The number of nitrogens with one attached hydrogen (secondary N) is 2. The van der Waals surface area contributed by atoms with Crippen molar-refractivity contribution in [1.29, 1.82) is 0 Å². The number of carbonyl (C=O) groups is 1. The van der Waals surface area contributed by atoms with Crippen molar-refractivity contribution in [2.75, 3.05) is 19.7 Å². The first-order valence-electron chi connectivity index (χ1n) is 5.05. The van der Waals surface area contributed by atoms with Crippen LogP contribution in [0.1, 0.15) is 19.3 Å². The Hall–Kier alpha value is -0.750. The Bertz CT molecular complexity index is 224. The second-order valence-electron chi connectivity index (χ2n) is 3.73. The number of rotatable bonds is 4. The lowest BCUT2D eigenvalue weighted by Gasteiger charge is -2.19. The summed E-state index contributed by atoms with van der Waals surface area (Å²) in [4.78, 5) is 11.3. The molecule has 0 aromatic rings. The van der Waals surface area contributed by atoms with Crippen molar-refractivity contribution in [3.63, 3.8) is 0 Å². The molecule has 3 N–H and O–H groups in total. The van der Waals surface area contributed by atoms with Crippen LogP contribution in [0.5, 0.6) is 0 Å². The lowest BCUT2D eigenvalue weighted by Crippen LogP contribution is -2.47. The molecule has 0 aliphatic carbocycles. The van der Waals surface area contributed by atoms with E-state index in [4.69, 9.17) is 5.11 Å². The summed E-state index contributed by atoms with van der Waals surface area (Å²) in [6, 6.07) is -0.565. The first-order valence-corrected chi connectivity index (χ1v) is 5.05. The van der Waals surface area contributed by atoms with Crippen molar-refractivity contribution in [1.82, 2.24) is 10.6 Å². The Labute approximate surface area is 87.0 Å². The van der Waals surface area contributed by atoms with Crippen LogP contribution in [0.25, 0.3) is 0 Å². The molecule has 0 radical (unpaired) electrons. The van der Waals surface area contributed by atoms with Crippen LogP contribution in [-0.2, 0) is 4.79 Å². The minimum Gasteiger partial charge on any atom is -0.390 e. The van der Waals surface area contributed by atoms with Gasteiger partial charge >= 0.3 is 0 Å². The number of halogens is 2. The number of aliphatic hydroxyl groups is 1. The number of carbonyl (C=O) groups excluding carboxylic acids is 1. The fraction of sp³-hybridized carbons (Fsp3) is 0.889. The zero-order chi connectivity index (χ0) is 11.3. The Morgan fingerprint density at radius 3 is 2.93 bits per heavy atom. The second kappa shape index (κ2) is 5.37. The summed E-state index contributed by atoms with van der Waals surface area (Å²) >= 11 is 0. The molecule has 0 bridgehead atoms. The molecule has 0 saturated carbocycles. The predicted molar refractivity (Wildman–Crippen MR) is 50.7 cm³/mol. The fourth-order valence-electron chi connectivity index (χ4n) is 1.46. The van der Waals surface area contributed by atoms with E-state index >= 15 is 0 Å². The summed E-state index contributed by atoms with van der Waals surface area (Å²) in [5.41, 5.74) is 0. The van der Waals surface area contributed by atoms with Gasteiger partial charge in [0, 0.05) is 6.54 Å². The zero-order valence-electron chi connectivity index (χ0n) is 8.43. The Balaban J connectivity index is 2.39. The third kappa shape index (κ3) is 4.09. The Kier molecular flexibility index (Phi) is 4.41. The summed E-state index contributed by atoms with van der Waals surface area (Å²) in [6.07, 6.45) is 2.27. The van der Waals surface area contributed by atoms with E-state index in [1.165, 1.54) is 0 Å². The van der Waals surface area contributed by atoms with Gasteiger partial charge in [0.15, 0.2) is 0 Å². The van der Waals surface area contributed by atoms with Crippen molar-refractivity contribution >= 4 is 5.91 Å². The zero-order valence-corrected chi connectivity index (χ0v) is 8.43. The number of aliphatic hydroxyl groups excluding tert-OH is 1. The number of alkyl halides is 2. The van der Waals surface area contributed by atoms with Crippen LogP contribution in [0.4, 0.5) is 8.78 Å². The van der Waals surface area contributed by atoms with E-state index < -0.39 is 25.1 Å². The van der Waals surface area contributed by atoms with Gasteiger partial charge < -0.3 is 15.7 Å². The molecular formula is C9H16F2N2O2. The minimum atomic E-state index is -3.16. The number of hydrogen-bond donors (Lipinski definition) is 3. The molecule has 1 heterocycles. The maximum Gasteiger partial charge on any atom is 0.282 e. The molecule has 1 fully saturated rings. The SMILES string of the molecule is O=C1NCCCCC1NCC(F)(F)CO. The maximum absolute atomic E-state index is 12.7. The smallest absolute Gasteiger partial charge is 0.282 e. The minimum absolute atomic E-state index is 0.235. The molecule has 6 heteroatoms. The highest BCUT2D eigenvalue weighted by atomic mass is 19.3. The van der Waals surface area contributed by atoms with Gasteiger partial charge in [-0.3, -0.25) is 4.79 Å². The average molecular weight is 222 g/mol. The van der Waals surface area contributed by atoms with Crippen LogP contribution in [0.15, 0.2) is 0 Å². The second-order valence-corrected chi connectivity index (χ2v) is 3.73. The van der Waals surface area contributed by atoms with E-state index in [2.05, 4.69) is 10.6 Å². The van der Waals surface area contributed by atoms with Crippen LogP contribution in [0.3, 0.4) is 0 Å². The van der Waals surface area contributed by atoms with Crippen LogP contribution >= 0.6 is 0 Å². The van der Waals surface area contributed by atoms with E-state index in [0.29, 0.717) is 13.0 Å². The molecule has 4 nitrogen and oxygen atoms in total. The molecule has 1 aliphatic heterocycles. The Morgan fingerprint density at radius 2 is 2.27 bits per heavy atom. The molecule has 1 aliphatic rings. The van der Waals surface area contributed by atoms with Crippen LogP contribution in [0, 0.1) is 0 Å². The highest BCUT2D eigenvalue weighted by molar-refractivity contribution is 5.81. The van der Waals surface area contributed by atoms with E-state index in [9.17, 15) is 13.6 Å². The number of amides is 1. The lowest BCUT2D eigenvalue weighted by atomic mass is 10.1. The van der Waals surface area contributed by atoms with Gasteiger partial charge in [-0.2, -0.15) is 0 Å². The van der Waals surface area contributed by atoms with Gasteiger partial charge in [-0.05, 0) is 19.3 Å². The van der Waals surface area contributed by atoms with Gasteiger partial charge in [0.25, 0.3) is 5.92 Å². The van der Waals surface area contributed by atoms with Crippen LogP contribution in [-0.4, -0.2) is 42.7 Å². The third-order valence-electron chi connectivity index (χ3n) is 2.37. The molecular weight excluding hydrogens is 206 g/mol. The number of hydrogen-bond acceptors (Lipinski definition) is 3. The van der Waals surface area contributed by atoms with Crippen LogP contribution in [0.2, 0.25) is 0 Å². The average Bonchev–Trinajstić information content (AvgIpc) is 2.40. The molecule has 1 amide bonds. The summed E-state index contributed by atoms with van der Waals surface area (Å²) in [7, 11) is 0. The summed E-state index contributed by atoms with van der Waals surface area (Å²) < 4.78 is 25.4. The Morgan fingerprint density at radius 1 is 1.53 bits per heavy atom. The van der Waals surface area contributed by atoms with Crippen molar-refractivity contribution in [2.24, 2.45) is 0 Å². The molecule has 88 valence electrons. The molecule has 1 saturated heterocycles. The molecule has 0 aromatic carbocycles. The highest BCUT2D eigenvalue weighted by Crippen LogP contribution is 2.12. The topological polar surface area (TPSA) is 61.4 Å². The van der Waals surface area contributed by atoms with Gasteiger partial charge in [-0.15, -0.1) is 0 Å². The van der Waals surface area contributed by atoms with Crippen molar-refractivity contribution in [2.45, 2.75) is 31.2 Å². The van der Waals surface area contributed by atoms with E-state index in [-0.39, 0.29) is 5.91 Å². The largest absolute Gasteiger partial charge is 0.390 e. The van der Waals surface area contributed by atoms with Gasteiger partial charge in [-0.1, -0.05) is 0 Å². The first kappa shape index (κ1) is 12.3. The van der Waals surface area contributed by atoms with Crippen molar-refractivity contribution < 1.29 is 18.7 Å². The molecule has 1 unspecified atom stereocenters. The standard InChI is InChI=1S/C9H16F2N2O2/c10-9(11,6-14)5-13-7-3-1-2-4-12-8(7)15/h7,13-14H,1-6H2,(H,12,15). The highest BCUT2D eigenvalue weighted by Gasteiger charge is 2.30. The normalized spacial score (nSPS) is 23.4. The van der Waals surface area contributed by atoms with Crippen molar-refractivity contribution in [3.8, 4) is 0 Å². The molecule has 0 aromatic heterocycles. The van der Waals surface area contributed by atoms with E-state index in [0.717, 1.165) is 12.8 Å². The summed E-state index contributed by atoms with van der Waals surface area (Å²) in [5, 5.41) is 13.5. The molecule has 1 atom stereocenters. The summed E-state index contributed by atoms with van der Waals surface area (Å²) in [6.45, 7) is -1.26. The van der Waals surface area contributed by atoms with Crippen molar-refractivity contribution in [3.05, 3.63) is 0 Å². The van der Waals surface area contributed by atoms with Gasteiger partial charge in [0.2, 0.25) is 5.91 Å². The summed E-state index contributed by atoms with van der Waals surface area (Å²) in [5.74, 6) is -3.40. The van der Waals surface area contributed by atoms with Gasteiger partial charge in [-0.25, -0.2) is 8.78 Å². The first-order chi connectivity index (χ1) is 7.05. The third-order valence-corrected chi connectivity index (χ3v) is 2.37. The predicted octanol–water partition coefficient (Wildman–Crippen LogP) is -0.128. The monoisotopic (exact) mass is 222 g/mol. The molecule has 0 spiro atoms.